The van der Waals surface area contributed by atoms with Crippen molar-refractivity contribution in [3.8, 4) is 17.6 Å². The average Bonchev–Trinajstić information content (AvgIpc) is 3.33. The predicted molar refractivity (Wildman–Crippen MR) is 249 cm³/mol. The Morgan fingerprint density at radius 1 is 1.03 bits per heavy atom. The van der Waals surface area contributed by atoms with Crippen molar-refractivity contribution in [1.29, 1.82) is 5.26 Å². The molecule has 0 spiro atoms. The van der Waals surface area contributed by atoms with Crippen LogP contribution in [-0.2, 0) is 16.2 Å². The summed E-state index contributed by atoms with van der Waals surface area (Å²) in [6.45, 7) is 4.77. The first-order valence-electron chi connectivity index (χ1n) is 22.2. The Hall–Kier alpha value is -5.98. The van der Waals surface area contributed by atoms with Crippen LogP contribution in [0.2, 0.25) is 0 Å². The number of hydrogen-bond acceptors (Lipinski definition) is 12. The first-order chi connectivity index (χ1) is 31.7. The molecule has 4 aromatic rings. The molecule has 65 heavy (non-hydrogen) atoms. The number of ether oxygens (including phenoxy) is 3. The zero-order valence-electron chi connectivity index (χ0n) is 36.6. The molecule has 14 heteroatoms. The molecule has 1 fully saturated rings. The molecule has 13 nitrogen and oxygen atoms in total. The van der Waals surface area contributed by atoms with Gasteiger partial charge in [0.2, 0.25) is 5.79 Å². The number of rotatable bonds is 22. The van der Waals surface area contributed by atoms with E-state index < -0.39 is 22.7 Å². The lowest BCUT2D eigenvalue weighted by Crippen LogP contribution is -2.69. The third-order valence-electron chi connectivity index (χ3n) is 12.6. The van der Waals surface area contributed by atoms with Crippen molar-refractivity contribution < 1.29 is 39.0 Å². The van der Waals surface area contributed by atoms with Crippen LogP contribution in [0.5, 0.6) is 11.5 Å². The molecule has 0 radical (unpaired) electrons. The number of benzene rings is 4. The molecule has 340 valence electrons. The van der Waals surface area contributed by atoms with Crippen molar-refractivity contribution in [2.45, 2.75) is 74.2 Å². The largest absolute Gasteiger partial charge is 0.493 e. The van der Waals surface area contributed by atoms with Gasteiger partial charge in [0.15, 0.2) is 0 Å². The van der Waals surface area contributed by atoms with E-state index >= 15 is 0 Å². The van der Waals surface area contributed by atoms with Crippen LogP contribution in [0.15, 0.2) is 131 Å². The Balaban J connectivity index is 1.36. The van der Waals surface area contributed by atoms with Gasteiger partial charge in [0.25, 0.3) is 11.6 Å². The lowest BCUT2D eigenvalue weighted by Gasteiger charge is -2.59. The molecule has 0 saturated heterocycles. The maximum absolute atomic E-state index is 14.6. The summed E-state index contributed by atoms with van der Waals surface area (Å²) in [5.41, 5.74) is 3.91. The standard InChI is InChI=1S/C51H56N4O9S/c1-3-27-62-51-47(54(2)50(58)37-19-15-35(33-52)16-20-37)32-45(53-63-34-36-17-21-39(22-18-36)55(59)60)43-30-38(11-7-9-25-56)42(14-8-10-26-57)48(49(43)51)44-31-40(23-24-46(44)64-51)61-28-29-65-41-12-5-4-6-13-41/h3-6,12-13,15-24,30-31,38,42,47-49,56-57H,1,7-11,14,25-29,32,34H2,2H3/t38-,42+,47-,48+,49+,51+/m0/s1. The van der Waals surface area contributed by atoms with E-state index in [4.69, 9.17) is 24.2 Å². The summed E-state index contributed by atoms with van der Waals surface area (Å²) in [7, 11) is 1.73. The van der Waals surface area contributed by atoms with Gasteiger partial charge in [-0.15, -0.1) is 18.3 Å². The molecule has 1 saturated carbocycles. The van der Waals surface area contributed by atoms with Crippen LogP contribution in [-0.4, -0.2) is 82.7 Å². The Bertz CT molecular complexity index is 2370. The maximum atomic E-state index is 14.6. The Labute approximate surface area is 384 Å². The SMILES string of the molecule is C=CCO[C@@]12Oc3ccc(OCCSc4ccccc4)cc3[C@H]3[C@H](CCCCO)[C@@H](CCCCO)C=C(C(=NOCc4ccc([N+](=O)[O-])cc4)C[C@@H]1N(C)C(=O)c1ccc(C#N)cc1)[C@H]32. The van der Waals surface area contributed by atoms with E-state index in [1.54, 1.807) is 66.2 Å². The number of thioether (sulfide) groups is 1. The third kappa shape index (κ3) is 10.8. The predicted octanol–water partition coefficient (Wildman–Crippen LogP) is 9.24. The fourth-order valence-corrected chi connectivity index (χ4v) is 10.3. The number of hydrogen-bond donors (Lipinski definition) is 2. The zero-order valence-corrected chi connectivity index (χ0v) is 37.4. The van der Waals surface area contributed by atoms with Crippen molar-refractivity contribution in [2.75, 3.05) is 39.2 Å². The van der Waals surface area contributed by atoms with Gasteiger partial charge in [0, 0.05) is 66.5 Å². The van der Waals surface area contributed by atoms with Gasteiger partial charge in [-0.05, 0) is 115 Å². The summed E-state index contributed by atoms with van der Waals surface area (Å²) in [5.74, 6) is -0.424. The van der Waals surface area contributed by atoms with Crippen molar-refractivity contribution >= 4 is 29.1 Å². The van der Waals surface area contributed by atoms with Crippen molar-refractivity contribution in [2.24, 2.45) is 22.9 Å². The topological polar surface area (TPSA) is 177 Å². The lowest BCUT2D eigenvalue weighted by molar-refractivity contribution is -0.384. The van der Waals surface area contributed by atoms with Gasteiger partial charge in [-0.3, -0.25) is 14.9 Å². The molecule has 1 amide bonds. The monoisotopic (exact) mass is 900 g/mol. The molecule has 1 heterocycles. The normalized spacial score (nSPS) is 22.3. The third-order valence-corrected chi connectivity index (χ3v) is 13.6. The number of allylic oxidation sites excluding steroid dienone is 1. The summed E-state index contributed by atoms with van der Waals surface area (Å²) in [6, 6.07) is 30.1. The van der Waals surface area contributed by atoms with E-state index in [2.05, 4.69) is 36.9 Å². The average molecular weight is 901 g/mol. The molecule has 0 bridgehead atoms. The first kappa shape index (κ1) is 47.0. The van der Waals surface area contributed by atoms with Gasteiger partial charge in [0.05, 0.1) is 41.4 Å². The molecule has 6 atom stereocenters. The highest BCUT2D eigenvalue weighted by Crippen LogP contribution is 2.62. The number of non-ortho nitro benzene ring substituents is 1. The number of unbranched alkanes of at least 4 members (excludes halogenated alkanes) is 2. The van der Waals surface area contributed by atoms with Crippen molar-refractivity contribution in [3.05, 3.63) is 154 Å². The fraction of sp³-hybridized carbons (Fsp3) is 0.392. The first-order valence-corrected chi connectivity index (χ1v) is 23.2. The van der Waals surface area contributed by atoms with Crippen LogP contribution < -0.4 is 9.47 Å². The minimum Gasteiger partial charge on any atom is -0.493 e. The molecular formula is C51H56N4O9S. The molecule has 0 unspecified atom stereocenters. The molecule has 4 aromatic carbocycles. The second-order valence-corrected chi connectivity index (χ2v) is 17.8. The van der Waals surface area contributed by atoms with Gasteiger partial charge in [0.1, 0.15) is 24.1 Å². The maximum Gasteiger partial charge on any atom is 0.269 e. The number of carbonyl (C=O) groups is 1. The second kappa shape index (κ2) is 22.3. The van der Waals surface area contributed by atoms with Gasteiger partial charge in [-0.25, -0.2) is 0 Å². The molecule has 0 aromatic heterocycles. The summed E-state index contributed by atoms with van der Waals surface area (Å²) in [5, 5.41) is 45.6. The fourth-order valence-electron chi connectivity index (χ4n) is 9.58. The molecule has 2 aliphatic carbocycles. The van der Waals surface area contributed by atoms with Crippen molar-refractivity contribution in [1.82, 2.24) is 4.90 Å². The summed E-state index contributed by atoms with van der Waals surface area (Å²) in [6.07, 6.45) is 8.53. The summed E-state index contributed by atoms with van der Waals surface area (Å²) < 4.78 is 20.7. The second-order valence-electron chi connectivity index (χ2n) is 16.6. The van der Waals surface area contributed by atoms with Crippen LogP contribution in [0.1, 0.15) is 77.9 Å². The number of nitrogens with zero attached hydrogens (tertiary/aromatic N) is 4. The zero-order chi connectivity index (χ0) is 45.8. The Kier molecular flexibility index (Phi) is 16.1. The number of nitriles is 1. The minimum atomic E-state index is -1.45. The highest BCUT2D eigenvalue weighted by molar-refractivity contribution is 7.99. The highest BCUT2D eigenvalue weighted by atomic mass is 32.2. The number of likely N-dealkylation sites (N-methyl/N-ethyl adjacent to an activating group) is 1. The Morgan fingerprint density at radius 2 is 1.77 bits per heavy atom. The number of carbonyl (C=O) groups excluding carboxylic acids is 1. The number of fused-ring (bicyclic) bond motifs is 2. The molecular weight excluding hydrogens is 845 g/mol. The number of oxime groups is 1. The molecule has 2 N–H and O–H groups in total. The number of nitro groups is 1. The van der Waals surface area contributed by atoms with E-state index in [0.29, 0.717) is 53.3 Å². The number of nitro benzene ring substituents is 1. The van der Waals surface area contributed by atoms with Gasteiger partial charge >= 0.3 is 0 Å². The van der Waals surface area contributed by atoms with E-state index in [-0.39, 0.29) is 62.2 Å². The van der Waals surface area contributed by atoms with Crippen LogP contribution in [0.4, 0.5) is 5.69 Å². The molecule has 3 aliphatic rings. The quantitative estimate of drug-likeness (QED) is 0.0253. The van der Waals surface area contributed by atoms with Crippen molar-refractivity contribution in [3.63, 3.8) is 0 Å². The van der Waals surface area contributed by atoms with Crippen LogP contribution in [0, 0.1) is 39.2 Å². The van der Waals surface area contributed by atoms with Crippen LogP contribution >= 0.6 is 11.8 Å². The van der Waals surface area contributed by atoms with Crippen LogP contribution in [0.25, 0.3) is 0 Å². The minimum absolute atomic E-state index is 0.0211. The lowest BCUT2D eigenvalue weighted by atomic mass is 9.55. The summed E-state index contributed by atoms with van der Waals surface area (Å²) >= 11 is 1.72. The summed E-state index contributed by atoms with van der Waals surface area (Å²) in [4.78, 5) is 34.4. The number of aliphatic hydroxyl groups excluding tert-OH is 2. The number of aliphatic hydroxyl groups is 2. The molecule has 7 rings (SSSR count). The van der Waals surface area contributed by atoms with E-state index in [1.165, 1.54) is 12.1 Å². The number of amides is 1. The smallest absolute Gasteiger partial charge is 0.269 e. The van der Waals surface area contributed by atoms with E-state index in [1.807, 2.05) is 30.3 Å². The molecule has 1 aliphatic heterocycles. The van der Waals surface area contributed by atoms with Gasteiger partial charge < -0.3 is 34.2 Å². The van der Waals surface area contributed by atoms with Crippen LogP contribution in [0.3, 0.4) is 0 Å². The van der Waals surface area contributed by atoms with Gasteiger partial charge in [-0.2, -0.15) is 5.26 Å². The van der Waals surface area contributed by atoms with Gasteiger partial charge in [-0.1, -0.05) is 48.3 Å². The Morgan fingerprint density at radius 3 is 2.46 bits per heavy atom. The highest BCUT2D eigenvalue weighted by Gasteiger charge is 2.65. The van der Waals surface area contributed by atoms with E-state index in [9.17, 15) is 30.4 Å². The van der Waals surface area contributed by atoms with E-state index in [0.717, 1.165) is 47.5 Å².